The maximum Gasteiger partial charge on any atom is 0.160 e. The van der Waals surface area contributed by atoms with Crippen molar-refractivity contribution in [2.75, 3.05) is 25.7 Å². The van der Waals surface area contributed by atoms with E-state index in [2.05, 4.69) is 0 Å². The number of phenols is 1. The Morgan fingerprint density at radius 2 is 1.31 bits per heavy atom. The van der Waals surface area contributed by atoms with Crippen LogP contribution in [0.3, 0.4) is 0 Å². The summed E-state index contributed by atoms with van der Waals surface area (Å²) in [5, 5.41) is 25.9. The molecule has 0 amide bonds. The lowest BCUT2D eigenvalue weighted by atomic mass is 9.96. The second kappa shape index (κ2) is 15.9. The van der Waals surface area contributed by atoms with Gasteiger partial charge in [0, 0.05) is 31.9 Å². The Morgan fingerprint density at radius 3 is 1.89 bits per heavy atom. The van der Waals surface area contributed by atoms with Gasteiger partial charge in [-0.3, -0.25) is 9.59 Å². The van der Waals surface area contributed by atoms with Gasteiger partial charge in [-0.2, -0.15) is 0 Å². The SMILES string of the molecule is O=C1C=Cc2ccc(O)cc2C1.O=C1C=Cc2ccc(OCCCCO)cc2C1.OCCCCCl. The number of unbranched alkanes of at least 4 members (excludes halogenated alkanes) is 2. The highest BCUT2D eigenvalue weighted by Gasteiger charge is 2.11. The molecule has 0 aliphatic heterocycles. The minimum absolute atomic E-state index is 0.0908. The van der Waals surface area contributed by atoms with Gasteiger partial charge in [0.1, 0.15) is 11.5 Å². The first-order valence-electron chi connectivity index (χ1n) is 11.7. The molecule has 188 valence electrons. The summed E-state index contributed by atoms with van der Waals surface area (Å²) in [6.07, 6.45) is 11.0. The molecule has 0 aromatic heterocycles. The molecule has 0 unspecified atom stereocenters. The number of benzene rings is 2. The molecule has 0 heterocycles. The van der Waals surface area contributed by atoms with Gasteiger partial charge in [-0.25, -0.2) is 0 Å². The van der Waals surface area contributed by atoms with Crippen molar-refractivity contribution in [3.63, 3.8) is 0 Å². The van der Waals surface area contributed by atoms with Crippen LogP contribution in [0.2, 0.25) is 0 Å². The molecule has 0 saturated carbocycles. The van der Waals surface area contributed by atoms with Crippen LogP contribution in [-0.4, -0.2) is 52.6 Å². The van der Waals surface area contributed by atoms with Crippen molar-refractivity contribution in [2.24, 2.45) is 0 Å². The van der Waals surface area contributed by atoms with Crippen LogP contribution in [0.15, 0.2) is 48.6 Å². The number of ketones is 2. The number of ether oxygens (including phenoxy) is 1. The smallest absolute Gasteiger partial charge is 0.160 e. The van der Waals surface area contributed by atoms with Gasteiger partial charge in [-0.15, -0.1) is 11.6 Å². The fourth-order valence-electron chi connectivity index (χ4n) is 3.36. The van der Waals surface area contributed by atoms with Crippen LogP contribution >= 0.6 is 11.6 Å². The number of halogens is 1. The number of hydrogen-bond donors (Lipinski definition) is 3. The van der Waals surface area contributed by atoms with E-state index in [0.29, 0.717) is 25.3 Å². The summed E-state index contributed by atoms with van der Waals surface area (Å²) in [6, 6.07) is 10.9. The zero-order chi connectivity index (χ0) is 25.5. The lowest BCUT2D eigenvalue weighted by Crippen LogP contribution is -2.06. The van der Waals surface area contributed by atoms with E-state index in [-0.39, 0.29) is 30.5 Å². The van der Waals surface area contributed by atoms with Gasteiger partial charge < -0.3 is 20.1 Å². The molecule has 35 heavy (non-hydrogen) atoms. The summed E-state index contributed by atoms with van der Waals surface area (Å²) < 4.78 is 5.56. The molecule has 0 bridgehead atoms. The average Bonchev–Trinajstić information content (AvgIpc) is 2.85. The van der Waals surface area contributed by atoms with Gasteiger partial charge in [0.2, 0.25) is 0 Å². The fraction of sp³-hybridized carbons (Fsp3) is 0.357. The molecule has 2 aromatic rings. The second-order valence-electron chi connectivity index (χ2n) is 8.10. The molecule has 2 aromatic carbocycles. The Morgan fingerprint density at radius 1 is 0.743 bits per heavy atom. The summed E-state index contributed by atoms with van der Waals surface area (Å²) >= 11 is 5.27. The zero-order valence-electron chi connectivity index (χ0n) is 19.8. The quantitative estimate of drug-likeness (QED) is 0.364. The zero-order valence-corrected chi connectivity index (χ0v) is 20.5. The number of allylic oxidation sites excluding steroid dienone is 2. The Bertz CT molecular complexity index is 1020. The van der Waals surface area contributed by atoms with E-state index in [9.17, 15) is 9.59 Å². The Hall–Kier alpha value is -2.93. The van der Waals surface area contributed by atoms with Crippen LogP contribution in [-0.2, 0) is 22.4 Å². The standard InChI is InChI=1S/C14H16O3.C10H8O2.C4H9ClO/c15-7-1-2-8-17-14-6-4-11-3-5-13(16)9-12(11)10-14;11-9-3-1-7-2-4-10(12)6-8(7)5-9;5-3-1-2-4-6/h3-6,10,15H,1-2,7-9H2;1-5,11H,6H2;6H,1-4H2. The van der Waals surface area contributed by atoms with E-state index in [1.807, 2.05) is 30.3 Å². The molecule has 2 aliphatic carbocycles. The molecule has 2 aliphatic rings. The maximum atomic E-state index is 11.3. The van der Waals surface area contributed by atoms with E-state index in [1.54, 1.807) is 30.4 Å². The van der Waals surface area contributed by atoms with Crippen molar-refractivity contribution in [2.45, 2.75) is 38.5 Å². The monoisotopic (exact) mass is 500 g/mol. The number of fused-ring (bicyclic) bond motifs is 2. The number of aromatic hydroxyl groups is 1. The minimum atomic E-state index is 0.0908. The lowest BCUT2D eigenvalue weighted by Gasteiger charge is -2.12. The predicted octanol–water partition coefficient (Wildman–Crippen LogP) is 4.50. The summed E-state index contributed by atoms with van der Waals surface area (Å²) in [5.74, 6) is 1.91. The van der Waals surface area contributed by atoms with Gasteiger partial charge in [0.25, 0.3) is 0 Å². The normalized spacial score (nSPS) is 13.1. The topological polar surface area (TPSA) is 104 Å². The van der Waals surface area contributed by atoms with Crippen molar-refractivity contribution >= 4 is 35.3 Å². The first kappa shape index (κ1) is 28.3. The van der Waals surface area contributed by atoms with Crippen LogP contribution in [0.5, 0.6) is 11.5 Å². The Labute approximate surface area is 211 Å². The molecule has 6 nitrogen and oxygen atoms in total. The number of rotatable bonds is 8. The Balaban J connectivity index is 0.000000209. The molecule has 0 fully saturated rings. The van der Waals surface area contributed by atoms with Crippen molar-refractivity contribution in [3.8, 4) is 11.5 Å². The summed E-state index contributed by atoms with van der Waals surface area (Å²) in [4.78, 5) is 22.2. The predicted molar refractivity (Wildman–Crippen MR) is 139 cm³/mol. The van der Waals surface area contributed by atoms with Crippen LogP contribution in [0, 0.1) is 0 Å². The van der Waals surface area contributed by atoms with Gasteiger partial charge in [-0.1, -0.05) is 24.3 Å². The molecule has 7 heteroatoms. The minimum Gasteiger partial charge on any atom is -0.508 e. The van der Waals surface area contributed by atoms with Crippen LogP contribution in [0.25, 0.3) is 12.2 Å². The molecule has 4 rings (SSSR count). The van der Waals surface area contributed by atoms with E-state index in [1.165, 1.54) is 0 Å². The second-order valence-corrected chi connectivity index (χ2v) is 8.47. The fourth-order valence-corrected chi connectivity index (χ4v) is 3.55. The van der Waals surface area contributed by atoms with E-state index in [0.717, 1.165) is 53.7 Å². The van der Waals surface area contributed by atoms with Gasteiger partial charge in [0.15, 0.2) is 11.6 Å². The largest absolute Gasteiger partial charge is 0.508 e. The number of carbonyl (C=O) groups is 2. The number of phenolic OH excluding ortho intramolecular Hbond substituents is 1. The van der Waals surface area contributed by atoms with E-state index in [4.69, 9.17) is 31.7 Å². The highest BCUT2D eigenvalue weighted by molar-refractivity contribution is 6.17. The van der Waals surface area contributed by atoms with Crippen LogP contribution < -0.4 is 4.74 Å². The highest BCUT2D eigenvalue weighted by atomic mass is 35.5. The molecule has 0 saturated heterocycles. The molecule has 0 spiro atoms. The highest BCUT2D eigenvalue weighted by Crippen LogP contribution is 2.23. The van der Waals surface area contributed by atoms with E-state index >= 15 is 0 Å². The lowest BCUT2D eigenvalue weighted by molar-refractivity contribution is -0.114. The summed E-state index contributed by atoms with van der Waals surface area (Å²) in [5.41, 5.74) is 4.04. The average molecular weight is 501 g/mol. The maximum absolute atomic E-state index is 11.3. The third kappa shape index (κ3) is 10.5. The number of aliphatic hydroxyl groups excluding tert-OH is 2. The van der Waals surface area contributed by atoms with Crippen molar-refractivity contribution < 1.29 is 29.6 Å². The first-order valence-corrected chi connectivity index (χ1v) is 12.3. The third-order valence-electron chi connectivity index (χ3n) is 5.23. The van der Waals surface area contributed by atoms with Crippen LogP contribution in [0.4, 0.5) is 0 Å². The number of carbonyl (C=O) groups excluding carboxylic acids is 2. The molecule has 0 atom stereocenters. The third-order valence-corrected chi connectivity index (χ3v) is 5.50. The molecule has 0 radical (unpaired) electrons. The number of hydrogen-bond acceptors (Lipinski definition) is 6. The summed E-state index contributed by atoms with van der Waals surface area (Å²) in [7, 11) is 0. The Kier molecular flexibility index (Phi) is 12.8. The van der Waals surface area contributed by atoms with Crippen molar-refractivity contribution in [1.29, 1.82) is 0 Å². The first-order chi connectivity index (χ1) is 17.0. The number of aliphatic hydroxyl groups is 2. The summed E-state index contributed by atoms with van der Waals surface area (Å²) in [6.45, 7) is 1.07. The van der Waals surface area contributed by atoms with Crippen LogP contribution in [0.1, 0.15) is 47.9 Å². The molecular weight excluding hydrogens is 468 g/mol. The molecular formula is C28H33ClO6. The molecule has 3 N–H and O–H groups in total. The van der Waals surface area contributed by atoms with Crippen molar-refractivity contribution in [1.82, 2.24) is 0 Å². The van der Waals surface area contributed by atoms with Crippen molar-refractivity contribution in [3.05, 3.63) is 70.8 Å². The van der Waals surface area contributed by atoms with Gasteiger partial charge >= 0.3 is 0 Å². The number of alkyl halides is 1. The van der Waals surface area contributed by atoms with E-state index < -0.39 is 0 Å². The van der Waals surface area contributed by atoms with Gasteiger partial charge in [0.05, 0.1) is 6.61 Å². The van der Waals surface area contributed by atoms with Gasteiger partial charge in [-0.05, 0) is 84.4 Å².